The zero-order chi connectivity index (χ0) is 12.1. The second-order valence-corrected chi connectivity index (χ2v) is 3.69. The van der Waals surface area contributed by atoms with Gasteiger partial charge < -0.3 is 10.2 Å². The number of benzene rings is 1. The van der Waals surface area contributed by atoms with Crippen molar-refractivity contribution in [1.29, 1.82) is 0 Å². The van der Waals surface area contributed by atoms with E-state index in [0.717, 1.165) is 11.3 Å². The van der Waals surface area contributed by atoms with Crippen molar-refractivity contribution in [3.63, 3.8) is 0 Å². The SMILES string of the molecule is CC(Oc1ccnc(NN)c1)c1ccccc1. The van der Waals surface area contributed by atoms with E-state index >= 15 is 0 Å². The number of ether oxygens (including phenoxy) is 1. The van der Waals surface area contributed by atoms with Gasteiger partial charge in [-0.25, -0.2) is 10.8 Å². The van der Waals surface area contributed by atoms with Crippen LogP contribution in [0.3, 0.4) is 0 Å². The summed E-state index contributed by atoms with van der Waals surface area (Å²) >= 11 is 0. The largest absolute Gasteiger partial charge is 0.486 e. The molecule has 0 amide bonds. The molecule has 4 heteroatoms. The van der Waals surface area contributed by atoms with Crippen LogP contribution in [0.5, 0.6) is 5.75 Å². The molecule has 0 aliphatic carbocycles. The molecule has 1 atom stereocenters. The van der Waals surface area contributed by atoms with Gasteiger partial charge in [0.25, 0.3) is 0 Å². The molecule has 0 saturated carbocycles. The van der Waals surface area contributed by atoms with Crippen molar-refractivity contribution < 1.29 is 4.74 Å². The number of pyridine rings is 1. The number of anilines is 1. The second kappa shape index (κ2) is 5.32. The summed E-state index contributed by atoms with van der Waals surface area (Å²) in [5, 5.41) is 0. The number of nitrogens with zero attached hydrogens (tertiary/aromatic N) is 1. The van der Waals surface area contributed by atoms with Crippen molar-refractivity contribution in [3.8, 4) is 5.75 Å². The molecule has 1 heterocycles. The highest BCUT2D eigenvalue weighted by molar-refractivity contribution is 5.39. The van der Waals surface area contributed by atoms with Crippen molar-refractivity contribution in [2.75, 3.05) is 5.43 Å². The summed E-state index contributed by atoms with van der Waals surface area (Å²) in [6.07, 6.45) is 1.65. The lowest BCUT2D eigenvalue weighted by atomic mass is 10.1. The van der Waals surface area contributed by atoms with Crippen LogP contribution in [0.25, 0.3) is 0 Å². The summed E-state index contributed by atoms with van der Waals surface area (Å²) in [5.74, 6) is 6.62. The quantitative estimate of drug-likeness (QED) is 0.624. The lowest BCUT2D eigenvalue weighted by molar-refractivity contribution is 0.227. The van der Waals surface area contributed by atoms with Crippen molar-refractivity contribution >= 4 is 5.82 Å². The zero-order valence-electron chi connectivity index (χ0n) is 9.63. The Bertz CT molecular complexity index is 473. The van der Waals surface area contributed by atoms with Crippen LogP contribution in [0.2, 0.25) is 0 Å². The Balaban J connectivity index is 2.10. The van der Waals surface area contributed by atoms with E-state index < -0.39 is 0 Å². The lowest BCUT2D eigenvalue weighted by Crippen LogP contribution is -2.09. The third kappa shape index (κ3) is 2.95. The number of rotatable bonds is 4. The van der Waals surface area contributed by atoms with Crippen LogP contribution >= 0.6 is 0 Å². The predicted molar refractivity (Wildman–Crippen MR) is 67.5 cm³/mol. The van der Waals surface area contributed by atoms with Crippen LogP contribution < -0.4 is 16.0 Å². The Morgan fingerprint density at radius 2 is 2.00 bits per heavy atom. The van der Waals surface area contributed by atoms with Gasteiger partial charge in [-0.15, -0.1) is 0 Å². The van der Waals surface area contributed by atoms with E-state index in [2.05, 4.69) is 10.4 Å². The zero-order valence-corrected chi connectivity index (χ0v) is 9.63. The van der Waals surface area contributed by atoms with Crippen molar-refractivity contribution in [3.05, 3.63) is 54.2 Å². The molecule has 4 nitrogen and oxygen atoms in total. The Morgan fingerprint density at radius 1 is 1.24 bits per heavy atom. The summed E-state index contributed by atoms with van der Waals surface area (Å²) in [7, 11) is 0. The molecule has 0 aliphatic heterocycles. The molecule has 2 rings (SSSR count). The molecule has 88 valence electrons. The third-order valence-electron chi connectivity index (χ3n) is 2.46. The van der Waals surface area contributed by atoms with Crippen LogP contribution in [0.15, 0.2) is 48.7 Å². The first-order valence-corrected chi connectivity index (χ1v) is 5.44. The number of nitrogen functional groups attached to an aromatic ring is 1. The molecule has 3 N–H and O–H groups in total. The molecule has 0 bridgehead atoms. The van der Waals surface area contributed by atoms with Gasteiger partial charge in [0.05, 0.1) is 0 Å². The minimum absolute atomic E-state index is 0.00998. The maximum atomic E-state index is 5.81. The van der Waals surface area contributed by atoms with E-state index in [-0.39, 0.29) is 6.10 Å². The summed E-state index contributed by atoms with van der Waals surface area (Å²) in [6.45, 7) is 2.01. The van der Waals surface area contributed by atoms with E-state index in [1.165, 1.54) is 0 Å². The van der Waals surface area contributed by atoms with Crippen LogP contribution in [0.4, 0.5) is 5.82 Å². The van der Waals surface area contributed by atoms with Gasteiger partial charge >= 0.3 is 0 Å². The van der Waals surface area contributed by atoms with Gasteiger partial charge in [-0.2, -0.15) is 0 Å². The standard InChI is InChI=1S/C13H15N3O/c1-10(11-5-3-2-4-6-11)17-12-7-8-15-13(9-12)16-14/h2-10H,14H2,1H3,(H,15,16). The van der Waals surface area contributed by atoms with Crippen molar-refractivity contribution in [1.82, 2.24) is 4.98 Å². The summed E-state index contributed by atoms with van der Waals surface area (Å²) in [4.78, 5) is 4.02. The highest BCUT2D eigenvalue weighted by Gasteiger charge is 2.06. The molecule has 0 aliphatic rings. The normalized spacial score (nSPS) is 11.9. The summed E-state index contributed by atoms with van der Waals surface area (Å²) in [5.41, 5.74) is 3.62. The van der Waals surface area contributed by atoms with Crippen LogP contribution in [0.1, 0.15) is 18.6 Å². The third-order valence-corrected chi connectivity index (χ3v) is 2.46. The lowest BCUT2D eigenvalue weighted by Gasteiger charge is -2.15. The number of aromatic nitrogens is 1. The molecular formula is C13H15N3O. The van der Waals surface area contributed by atoms with E-state index in [0.29, 0.717) is 5.82 Å². The van der Waals surface area contributed by atoms with E-state index in [1.807, 2.05) is 37.3 Å². The fraction of sp³-hybridized carbons (Fsp3) is 0.154. The van der Waals surface area contributed by atoms with Gasteiger partial charge in [-0.3, -0.25) is 0 Å². The monoisotopic (exact) mass is 229 g/mol. The fourth-order valence-corrected chi connectivity index (χ4v) is 1.56. The van der Waals surface area contributed by atoms with E-state index in [9.17, 15) is 0 Å². The maximum Gasteiger partial charge on any atom is 0.143 e. The molecule has 1 unspecified atom stereocenters. The highest BCUT2D eigenvalue weighted by atomic mass is 16.5. The first-order chi connectivity index (χ1) is 8.29. The molecule has 0 fully saturated rings. The highest BCUT2D eigenvalue weighted by Crippen LogP contribution is 2.22. The summed E-state index contributed by atoms with van der Waals surface area (Å²) < 4.78 is 5.81. The van der Waals surface area contributed by atoms with Gasteiger partial charge in [0.1, 0.15) is 17.7 Å². The Kier molecular flexibility index (Phi) is 3.57. The first-order valence-electron chi connectivity index (χ1n) is 5.44. The van der Waals surface area contributed by atoms with E-state index in [1.54, 1.807) is 18.3 Å². The minimum Gasteiger partial charge on any atom is -0.486 e. The Hall–Kier alpha value is -2.07. The number of hydrogen-bond donors (Lipinski definition) is 2. The van der Waals surface area contributed by atoms with Crippen molar-refractivity contribution in [2.24, 2.45) is 5.84 Å². The molecule has 1 aromatic heterocycles. The molecule has 0 spiro atoms. The Morgan fingerprint density at radius 3 is 2.71 bits per heavy atom. The smallest absolute Gasteiger partial charge is 0.143 e. The second-order valence-electron chi connectivity index (χ2n) is 3.69. The fourth-order valence-electron chi connectivity index (χ4n) is 1.56. The molecule has 1 aromatic carbocycles. The predicted octanol–water partition coefficient (Wildman–Crippen LogP) is 2.51. The van der Waals surface area contributed by atoms with Gasteiger partial charge in [0.2, 0.25) is 0 Å². The molecular weight excluding hydrogens is 214 g/mol. The topological polar surface area (TPSA) is 60.2 Å². The van der Waals surface area contributed by atoms with Gasteiger partial charge in [0.15, 0.2) is 0 Å². The molecule has 2 aromatic rings. The number of nitrogens with one attached hydrogen (secondary N) is 1. The minimum atomic E-state index is -0.00998. The average molecular weight is 229 g/mol. The van der Waals surface area contributed by atoms with Crippen LogP contribution in [-0.2, 0) is 0 Å². The van der Waals surface area contributed by atoms with Gasteiger partial charge in [-0.1, -0.05) is 30.3 Å². The van der Waals surface area contributed by atoms with Crippen LogP contribution in [0, 0.1) is 0 Å². The van der Waals surface area contributed by atoms with Crippen molar-refractivity contribution in [2.45, 2.75) is 13.0 Å². The number of nitrogens with two attached hydrogens (primary N) is 1. The number of hydrogen-bond acceptors (Lipinski definition) is 4. The molecule has 0 radical (unpaired) electrons. The molecule has 0 saturated heterocycles. The van der Waals surface area contributed by atoms with E-state index in [4.69, 9.17) is 10.6 Å². The first kappa shape index (κ1) is 11.4. The Labute approximate surface area is 100 Å². The van der Waals surface area contributed by atoms with Gasteiger partial charge in [0, 0.05) is 12.3 Å². The van der Waals surface area contributed by atoms with Gasteiger partial charge in [-0.05, 0) is 18.6 Å². The molecule has 17 heavy (non-hydrogen) atoms. The van der Waals surface area contributed by atoms with Crippen LogP contribution in [-0.4, -0.2) is 4.98 Å². The summed E-state index contributed by atoms with van der Waals surface area (Å²) in [6, 6.07) is 13.6. The average Bonchev–Trinajstić information content (AvgIpc) is 2.40. The maximum absolute atomic E-state index is 5.81. The number of hydrazine groups is 1.